The number of alkyl halides is 1. The van der Waals surface area contributed by atoms with E-state index in [0.29, 0.717) is 26.3 Å². The molecule has 116 valence electrons. The summed E-state index contributed by atoms with van der Waals surface area (Å²) in [7, 11) is 0. The molecule has 0 saturated carbocycles. The van der Waals surface area contributed by atoms with Gasteiger partial charge in [0, 0.05) is 18.4 Å². The van der Waals surface area contributed by atoms with Gasteiger partial charge in [0.25, 0.3) is 0 Å². The third kappa shape index (κ3) is 4.09. The fourth-order valence-electron chi connectivity index (χ4n) is 2.56. The van der Waals surface area contributed by atoms with Gasteiger partial charge in [0.05, 0.1) is 24.9 Å². The summed E-state index contributed by atoms with van der Waals surface area (Å²) in [6.07, 6.45) is 1.48. The van der Waals surface area contributed by atoms with Crippen LogP contribution in [-0.4, -0.2) is 59.9 Å². The van der Waals surface area contributed by atoms with Crippen LogP contribution < -0.4 is 0 Å². The van der Waals surface area contributed by atoms with Crippen LogP contribution in [0.2, 0.25) is 0 Å². The van der Waals surface area contributed by atoms with Crippen molar-refractivity contribution in [3.63, 3.8) is 0 Å². The molecule has 1 amide bonds. The maximum absolute atomic E-state index is 12.0. The van der Waals surface area contributed by atoms with E-state index in [0.717, 1.165) is 18.2 Å². The summed E-state index contributed by atoms with van der Waals surface area (Å²) in [5.74, 6) is 0. The molecule has 2 aliphatic rings. The van der Waals surface area contributed by atoms with Gasteiger partial charge in [0.1, 0.15) is 5.60 Å². The molecule has 2 heterocycles. The lowest BCUT2D eigenvalue weighted by atomic mass is 9.91. The van der Waals surface area contributed by atoms with E-state index in [1.54, 1.807) is 4.90 Å². The third-order valence-electron chi connectivity index (χ3n) is 3.58. The van der Waals surface area contributed by atoms with Crippen LogP contribution in [0, 0.1) is 0 Å². The van der Waals surface area contributed by atoms with Gasteiger partial charge in [0.15, 0.2) is 0 Å². The fourth-order valence-corrected chi connectivity index (χ4v) is 2.88. The SMILES string of the molecule is CC(C)(C)OC(=O)N1CCC2(CC1)COCC(CBr)O2. The highest BCUT2D eigenvalue weighted by Gasteiger charge is 2.42. The zero-order valence-electron chi connectivity index (χ0n) is 12.5. The molecule has 2 fully saturated rings. The van der Waals surface area contributed by atoms with E-state index >= 15 is 0 Å². The van der Waals surface area contributed by atoms with E-state index in [2.05, 4.69) is 15.9 Å². The first kappa shape index (κ1) is 16.0. The topological polar surface area (TPSA) is 48.0 Å². The molecule has 0 radical (unpaired) electrons. The number of rotatable bonds is 1. The van der Waals surface area contributed by atoms with Gasteiger partial charge in [-0.05, 0) is 33.6 Å². The minimum atomic E-state index is -0.447. The van der Waals surface area contributed by atoms with Crippen LogP contribution in [0.3, 0.4) is 0 Å². The van der Waals surface area contributed by atoms with Crippen molar-refractivity contribution < 1.29 is 19.0 Å². The molecular weight excluding hydrogens is 326 g/mol. The number of hydrogen-bond acceptors (Lipinski definition) is 4. The third-order valence-corrected chi connectivity index (χ3v) is 4.31. The summed E-state index contributed by atoms with van der Waals surface area (Å²) >= 11 is 3.44. The average molecular weight is 350 g/mol. The molecule has 0 aliphatic carbocycles. The molecule has 2 rings (SSSR count). The molecule has 0 aromatic heterocycles. The van der Waals surface area contributed by atoms with E-state index in [1.165, 1.54) is 0 Å². The van der Waals surface area contributed by atoms with Crippen molar-refractivity contribution in [1.29, 1.82) is 0 Å². The van der Waals surface area contributed by atoms with E-state index in [9.17, 15) is 4.79 Å². The van der Waals surface area contributed by atoms with Crippen LogP contribution in [0.1, 0.15) is 33.6 Å². The average Bonchev–Trinajstić information content (AvgIpc) is 2.37. The van der Waals surface area contributed by atoms with Crippen LogP contribution in [0.5, 0.6) is 0 Å². The van der Waals surface area contributed by atoms with Crippen molar-refractivity contribution in [3.8, 4) is 0 Å². The molecule has 0 aromatic rings. The largest absolute Gasteiger partial charge is 0.444 e. The summed E-state index contributed by atoms with van der Waals surface area (Å²) < 4.78 is 17.2. The zero-order chi connectivity index (χ0) is 14.8. The van der Waals surface area contributed by atoms with E-state index in [4.69, 9.17) is 14.2 Å². The number of hydrogen-bond donors (Lipinski definition) is 0. The Hall–Kier alpha value is -0.330. The van der Waals surface area contributed by atoms with Crippen LogP contribution in [0.15, 0.2) is 0 Å². The lowest BCUT2D eigenvalue weighted by molar-refractivity contribution is -0.206. The van der Waals surface area contributed by atoms with Crippen LogP contribution in [-0.2, 0) is 14.2 Å². The van der Waals surface area contributed by atoms with Crippen molar-refractivity contribution >= 4 is 22.0 Å². The van der Waals surface area contributed by atoms with E-state index in [-0.39, 0.29) is 17.8 Å². The first-order chi connectivity index (χ1) is 9.34. The van der Waals surface area contributed by atoms with Crippen molar-refractivity contribution in [3.05, 3.63) is 0 Å². The van der Waals surface area contributed by atoms with Crippen LogP contribution in [0.4, 0.5) is 4.79 Å². The summed E-state index contributed by atoms with van der Waals surface area (Å²) in [6, 6.07) is 0. The van der Waals surface area contributed by atoms with E-state index in [1.807, 2.05) is 20.8 Å². The van der Waals surface area contributed by atoms with Gasteiger partial charge < -0.3 is 19.1 Å². The van der Waals surface area contributed by atoms with E-state index < -0.39 is 5.60 Å². The smallest absolute Gasteiger partial charge is 0.410 e. The maximum atomic E-state index is 12.0. The number of carbonyl (C=O) groups is 1. The Balaban J connectivity index is 1.87. The highest BCUT2D eigenvalue weighted by atomic mass is 79.9. The van der Waals surface area contributed by atoms with Gasteiger partial charge in [-0.25, -0.2) is 4.79 Å². The van der Waals surface area contributed by atoms with Gasteiger partial charge in [-0.1, -0.05) is 15.9 Å². The lowest BCUT2D eigenvalue weighted by Crippen LogP contribution is -2.55. The van der Waals surface area contributed by atoms with Crippen molar-refractivity contribution in [2.75, 3.05) is 31.6 Å². The Bertz CT molecular complexity index is 348. The van der Waals surface area contributed by atoms with Gasteiger partial charge in [-0.2, -0.15) is 0 Å². The summed E-state index contributed by atoms with van der Waals surface area (Å²) in [4.78, 5) is 13.8. The maximum Gasteiger partial charge on any atom is 0.410 e. The van der Waals surface area contributed by atoms with Crippen molar-refractivity contribution in [2.24, 2.45) is 0 Å². The Morgan fingerprint density at radius 1 is 1.40 bits per heavy atom. The minimum Gasteiger partial charge on any atom is -0.444 e. The summed E-state index contributed by atoms with van der Waals surface area (Å²) in [6.45, 7) is 8.24. The van der Waals surface area contributed by atoms with Crippen LogP contribution in [0.25, 0.3) is 0 Å². The summed E-state index contributed by atoms with van der Waals surface area (Å²) in [5.41, 5.74) is -0.674. The number of nitrogens with zero attached hydrogens (tertiary/aromatic N) is 1. The van der Waals surface area contributed by atoms with Gasteiger partial charge in [-0.3, -0.25) is 0 Å². The second-order valence-corrected chi connectivity index (χ2v) is 7.21. The Morgan fingerprint density at radius 2 is 2.05 bits per heavy atom. The Labute approximate surface area is 129 Å². The molecule has 1 atom stereocenters. The number of carbonyl (C=O) groups excluding carboxylic acids is 1. The quantitative estimate of drug-likeness (QED) is 0.682. The molecule has 0 bridgehead atoms. The number of halogens is 1. The molecule has 20 heavy (non-hydrogen) atoms. The molecule has 0 aromatic carbocycles. The minimum absolute atomic E-state index is 0.108. The Morgan fingerprint density at radius 3 is 2.60 bits per heavy atom. The molecular formula is C14H24BrNO4. The fraction of sp³-hybridized carbons (Fsp3) is 0.929. The predicted octanol–water partition coefficient (Wildman–Crippen LogP) is 2.57. The van der Waals surface area contributed by atoms with Crippen LogP contribution >= 0.6 is 15.9 Å². The second kappa shape index (κ2) is 6.20. The molecule has 2 saturated heterocycles. The normalized spacial score (nSPS) is 26.6. The predicted molar refractivity (Wildman–Crippen MR) is 79.3 cm³/mol. The number of piperidine rings is 1. The van der Waals surface area contributed by atoms with Gasteiger partial charge in [-0.15, -0.1) is 0 Å². The first-order valence-electron chi connectivity index (χ1n) is 7.13. The number of amides is 1. The number of likely N-dealkylation sites (tertiary alicyclic amines) is 1. The molecule has 1 spiro atoms. The first-order valence-corrected chi connectivity index (χ1v) is 8.25. The lowest BCUT2D eigenvalue weighted by Gasteiger charge is -2.45. The molecule has 2 aliphatic heterocycles. The standard InChI is InChI=1S/C14H24BrNO4/c1-13(2,3)20-12(17)16-6-4-14(5-7-16)10-18-9-11(8-15)19-14/h11H,4-10H2,1-3H3. The van der Waals surface area contributed by atoms with Gasteiger partial charge in [0.2, 0.25) is 0 Å². The van der Waals surface area contributed by atoms with Crippen molar-refractivity contribution in [1.82, 2.24) is 4.90 Å². The van der Waals surface area contributed by atoms with Gasteiger partial charge >= 0.3 is 6.09 Å². The zero-order valence-corrected chi connectivity index (χ0v) is 14.1. The molecule has 0 N–H and O–H groups in total. The summed E-state index contributed by atoms with van der Waals surface area (Å²) in [5, 5.41) is 0.782. The molecule has 5 nitrogen and oxygen atoms in total. The Kier molecular flexibility index (Phi) is 4.97. The highest BCUT2D eigenvalue weighted by Crippen LogP contribution is 2.32. The molecule has 1 unspecified atom stereocenters. The monoisotopic (exact) mass is 349 g/mol. The van der Waals surface area contributed by atoms with Crippen molar-refractivity contribution in [2.45, 2.75) is 50.9 Å². The number of ether oxygens (including phenoxy) is 3. The highest BCUT2D eigenvalue weighted by molar-refractivity contribution is 9.09. The molecule has 6 heteroatoms. The second-order valence-electron chi connectivity index (χ2n) is 6.56.